The first-order valence-electron chi connectivity index (χ1n) is 13.3. The summed E-state index contributed by atoms with van der Waals surface area (Å²) in [6.07, 6.45) is -0.658. The first-order valence-corrected chi connectivity index (χ1v) is 13.3. The molecule has 1 heterocycles. The molecule has 1 saturated heterocycles. The number of hydrogen-bond donors (Lipinski definition) is 2. The van der Waals surface area contributed by atoms with E-state index in [2.05, 4.69) is 89.3 Å². The topological polar surface area (TPSA) is 50.2 Å². The SMILES string of the molecule is CCN(CCN(C)Cc1ccccc1)CC(O)C[N+]1(Cc2ccccc2)CCN(CC(C)O)CC1. The molecule has 1 fully saturated rings. The summed E-state index contributed by atoms with van der Waals surface area (Å²) in [7, 11) is 2.17. The van der Waals surface area contributed by atoms with Crippen LogP contribution in [-0.2, 0) is 13.1 Å². The Hall–Kier alpha value is -1.80. The number of likely N-dealkylation sites (N-methyl/N-ethyl adjacent to an activating group) is 2. The van der Waals surface area contributed by atoms with Gasteiger partial charge in [-0.05, 0) is 26.1 Å². The molecule has 1 aliphatic rings. The maximum Gasteiger partial charge on any atom is 0.115 e. The fourth-order valence-electron chi connectivity index (χ4n) is 5.33. The second kappa shape index (κ2) is 14.1. The van der Waals surface area contributed by atoms with Crippen molar-refractivity contribution >= 4 is 0 Å². The molecule has 0 amide bonds. The lowest BCUT2D eigenvalue weighted by Gasteiger charge is -2.46. The van der Waals surface area contributed by atoms with Crippen molar-refractivity contribution in [1.29, 1.82) is 0 Å². The smallest absolute Gasteiger partial charge is 0.115 e. The number of β-amino-alcohol motifs (C(OH)–C–C–N with tert-alkyl or cyclic N) is 1. The molecule has 0 radical (unpaired) electrons. The summed E-state index contributed by atoms with van der Waals surface area (Å²) in [5, 5.41) is 21.1. The van der Waals surface area contributed by atoms with Crippen LogP contribution in [0.1, 0.15) is 25.0 Å². The Morgan fingerprint density at radius 3 is 2.09 bits per heavy atom. The molecule has 194 valence electrons. The van der Waals surface area contributed by atoms with Gasteiger partial charge < -0.3 is 19.6 Å². The summed E-state index contributed by atoms with van der Waals surface area (Å²) in [6, 6.07) is 21.3. The average molecular weight is 484 g/mol. The van der Waals surface area contributed by atoms with Crippen molar-refractivity contribution in [1.82, 2.24) is 14.7 Å². The minimum Gasteiger partial charge on any atom is -0.392 e. The highest BCUT2D eigenvalue weighted by molar-refractivity contribution is 5.14. The zero-order chi connectivity index (χ0) is 25.1. The van der Waals surface area contributed by atoms with Crippen molar-refractivity contribution in [2.75, 3.05) is 72.5 Å². The summed E-state index contributed by atoms with van der Waals surface area (Å²) >= 11 is 0. The van der Waals surface area contributed by atoms with Crippen LogP contribution in [-0.4, -0.2) is 114 Å². The molecule has 0 saturated carbocycles. The Labute approximate surface area is 213 Å². The molecule has 2 N–H and O–H groups in total. The fraction of sp³-hybridized carbons (Fsp3) is 0.586. The van der Waals surface area contributed by atoms with E-state index in [0.29, 0.717) is 6.54 Å². The van der Waals surface area contributed by atoms with E-state index < -0.39 is 0 Å². The van der Waals surface area contributed by atoms with Gasteiger partial charge in [-0.2, -0.15) is 0 Å². The van der Waals surface area contributed by atoms with Gasteiger partial charge in [0.25, 0.3) is 0 Å². The molecule has 1 aliphatic heterocycles. The van der Waals surface area contributed by atoms with E-state index >= 15 is 0 Å². The number of piperazine rings is 1. The molecule has 6 nitrogen and oxygen atoms in total. The summed E-state index contributed by atoms with van der Waals surface area (Å²) in [4.78, 5) is 7.10. The second-order valence-electron chi connectivity index (χ2n) is 10.5. The molecule has 2 atom stereocenters. The second-order valence-corrected chi connectivity index (χ2v) is 10.5. The van der Waals surface area contributed by atoms with Gasteiger partial charge >= 0.3 is 0 Å². The molecule has 3 rings (SSSR count). The third-order valence-electron chi connectivity index (χ3n) is 7.27. The molecule has 2 aromatic rings. The predicted molar refractivity (Wildman–Crippen MR) is 144 cm³/mol. The van der Waals surface area contributed by atoms with E-state index in [-0.39, 0.29) is 12.2 Å². The Balaban J connectivity index is 1.55. The van der Waals surface area contributed by atoms with Gasteiger partial charge in [-0.25, -0.2) is 0 Å². The van der Waals surface area contributed by atoms with E-state index in [1.54, 1.807) is 0 Å². The highest BCUT2D eigenvalue weighted by atomic mass is 16.3. The lowest BCUT2D eigenvalue weighted by Crippen LogP contribution is -2.62. The molecule has 0 bridgehead atoms. The number of nitrogens with zero attached hydrogens (tertiary/aromatic N) is 4. The van der Waals surface area contributed by atoms with Crippen molar-refractivity contribution in [3.8, 4) is 0 Å². The van der Waals surface area contributed by atoms with Crippen molar-refractivity contribution in [2.45, 2.75) is 39.1 Å². The van der Waals surface area contributed by atoms with E-state index in [4.69, 9.17) is 0 Å². The Morgan fingerprint density at radius 1 is 0.914 bits per heavy atom. The number of quaternary nitrogens is 1. The molecule has 0 spiro atoms. The molecule has 0 aliphatic carbocycles. The first kappa shape index (κ1) is 27.8. The third kappa shape index (κ3) is 9.64. The van der Waals surface area contributed by atoms with Gasteiger partial charge in [0.1, 0.15) is 19.2 Å². The number of benzene rings is 2. The average Bonchev–Trinajstić information content (AvgIpc) is 2.84. The maximum absolute atomic E-state index is 11.2. The number of rotatable bonds is 14. The summed E-state index contributed by atoms with van der Waals surface area (Å²) in [5.74, 6) is 0. The maximum atomic E-state index is 11.2. The first-order chi connectivity index (χ1) is 16.9. The molecule has 6 heteroatoms. The van der Waals surface area contributed by atoms with Crippen LogP contribution in [0.4, 0.5) is 0 Å². The van der Waals surface area contributed by atoms with Crippen LogP contribution in [0, 0.1) is 0 Å². The van der Waals surface area contributed by atoms with Crippen LogP contribution in [0.5, 0.6) is 0 Å². The number of aliphatic hydroxyl groups is 2. The molecule has 2 aromatic carbocycles. The standard InChI is InChI=1S/C29H47N4O2/c1-4-31(16-15-30(3)22-27-11-7-5-8-12-27)23-29(35)25-33(24-28-13-9-6-10-14-28)19-17-32(18-20-33)21-26(2)34/h5-14,26,29,34-35H,4,15-25H2,1-3H3/q+1. The Bertz CT molecular complexity index is 825. The summed E-state index contributed by atoms with van der Waals surface area (Å²) < 4.78 is 0.910. The minimum atomic E-state index is -0.360. The van der Waals surface area contributed by atoms with E-state index in [1.807, 2.05) is 6.92 Å². The van der Waals surface area contributed by atoms with Gasteiger partial charge in [0.2, 0.25) is 0 Å². The quantitative estimate of drug-likeness (QED) is 0.405. The molecule has 35 heavy (non-hydrogen) atoms. The van der Waals surface area contributed by atoms with Gasteiger partial charge in [0.15, 0.2) is 0 Å². The van der Waals surface area contributed by atoms with E-state index in [9.17, 15) is 10.2 Å². The predicted octanol–water partition coefficient (Wildman–Crippen LogP) is 2.51. The van der Waals surface area contributed by atoms with Gasteiger partial charge in [-0.15, -0.1) is 0 Å². The van der Waals surface area contributed by atoms with Gasteiger partial charge in [0, 0.05) is 51.4 Å². The lowest BCUT2D eigenvalue weighted by molar-refractivity contribution is -0.947. The summed E-state index contributed by atoms with van der Waals surface area (Å²) in [6.45, 7) is 15.0. The Kier molecular flexibility index (Phi) is 11.2. The van der Waals surface area contributed by atoms with E-state index in [1.165, 1.54) is 11.1 Å². The van der Waals surface area contributed by atoms with E-state index in [0.717, 1.165) is 76.5 Å². The summed E-state index contributed by atoms with van der Waals surface area (Å²) in [5.41, 5.74) is 2.67. The van der Waals surface area contributed by atoms with Crippen molar-refractivity contribution in [3.05, 3.63) is 71.8 Å². The van der Waals surface area contributed by atoms with Gasteiger partial charge in [-0.1, -0.05) is 67.6 Å². The highest BCUT2D eigenvalue weighted by Crippen LogP contribution is 2.20. The molecular weight excluding hydrogens is 436 g/mol. The monoisotopic (exact) mass is 483 g/mol. The zero-order valence-electron chi connectivity index (χ0n) is 22.1. The molecular formula is C29H47N4O2+. The van der Waals surface area contributed by atoms with Gasteiger partial charge in [0.05, 0.1) is 19.2 Å². The fourth-order valence-corrected chi connectivity index (χ4v) is 5.33. The molecule has 2 unspecified atom stereocenters. The largest absolute Gasteiger partial charge is 0.392 e. The van der Waals surface area contributed by atoms with Crippen LogP contribution in [0.15, 0.2) is 60.7 Å². The Morgan fingerprint density at radius 2 is 1.51 bits per heavy atom. The minimum absolute atomic E-state index is 0.298. The van der Waals surface area contributed by atoms with Crippen molar-refractivity contribution < 1.29 is 14.7 Å². The normalized spacial score (nSPS) is 18.1. The number of aliphatic hydroxyl groups excluding tert-OH is 2. The van der Waals surface area contributed by atoms with Crippen LogP contribution in [0.3, 0.4) is 0 Å². The van der Waals surface area contributed by atoms with Crippen molar-refractivity contribution in [2.24, 2.45) is 0 Å². The highest BCUT2D eigenvalue weighted by Gasteiger charge is 2.35. The molecule has 0 aromatic heterocycles. The third-order valence-corrected chi connectivity index (χ3v) is 7.27. The lowest BCUT2D eigenvalue weighted by atomic mass is 10.1. The van der Waals surface area contributed by atoms with Crippen LogP contribution >= 0.6 is 0 Å². The number of hydrogen-bond acceptors (Lipinski definition) is 5. The van der Waals surface area contributed by atoms with Crippen LogP contribution < -0.4 is 0 Å². The van der Waals surface area contributed by atoms with Crippen LogP contribution in [0.25, 0.3) is 0 Å². The van der Waals surface area contributed by atoms with Crippen LogP contribution in [0.2, 0.25) is 0 Å². The van der Waals surface area contributed by atoms with Crippen molar-refractivity contribution in [3.63, 3.8) is 0 Å². The van der Waals surface area contributed by atoms with Gasteiger partial charge in [-0.3, -0.25) is 9.80 Å². The zero-order valence-corrected chi connectivity index (χ0v) is 22.1.